The van der Waals surface area contributed by atoms with E-state index in [4.69, 9.17) is 5.73 Å². The van der Waals surface area contributed by atoms with E-state index in [1.807, 2.05) is 36.9 Å². The first kappa shape index (κ1) is 16.5. The van der Waals surface area contributed by atoms with Crippen molar-refractivity contribution in [1.29, 1.82) is 0 Å². The van der Waals surface area contributed by atoms with Gasteiger partial charge in [-0.15, -0.1) is 12.4 Å². The molecular weight excluding hydrogens is 328 g/mol. The van der Waals surface area contributed by atoms with Gasteiger partial charge in [-0.25, -0.2) is 0 Å². The lowest BCUT2D eigenvalue weighted by Crippen LogP contribution is -2.33. The van der Waals surface area contributed by atoms with Crippen LogP contribution in [-0.2, 0) is 0 Å². The Bertz CT molecular complexity index is 465. The molecule has 0 radical (unpaired) electrons. The second-order valence-corrected chi connectivity index (χ2v) is 6.03. The number of aryl methyl sites for hydroxylation is 1. The molecule has 106 valence electrons. The number of amides is 1. The van der Waals surface area contributed by atoms with Gasteiger partial charge in [0.25, 0.3) is 5.91 Å². The summed E-state index contributed by atoms with van der Waals surface area (Å²) in [5, 5.41) is 0. The summed E-state index contributed by atoms with van der Waals surface area (Å²) >= 11 is 3.42. The molecule has 1 saturated heterocycles. The standard InChI is InChI=1S/C14H19BrN2O.ClH/c1-9-7-12(15)3-4-13(9)14(18)17-6-5-11(8-17)10(2)16;/h3-4,7,10-11H,5-6,8,16H2,1-2H3;1H. The van der Waals surface area contributed by atoms with Crippen LogP contribution in [0.2, 0.25) is 0 Å². The van der Waals surface area contributed by atoms with Crippen LogP contribution in [0.1, 0.15) is 29.3 Å². The van der Waals surface area contributed by atoms with Crippen molar-refractivity contribution in [2.24, 2.45) is 11.7 Å². The largest absolute Gasteiger partial charge is 0.338 e. The highest BCUT2D eigenvalue weighted by atomic mass is 79.9. The fraction of sp³-hybridized carbons (Fsp3) is 0.500. The van der Waals surface area contributed by atoms with E-state index >= 15 is 0 Å². The van der Waals surface area contributed by atoms with Crippen LogP contribution in [-0.4, -0.2) is 29.9 Å². The Balaban J connectivity index is 0.00000180. The Hall–Kier alpha value is -0.580. The zero-order valence-corrected chi connectivity index (χ0v) is 13.6. The third-order valence-electron chi connectivity index (χ3n) is 3.67. The Kier molecular flexibility index (Phi) is 5.83. The molecule has 1 aromatic carbocycles. The van der Waals surface area contributed by atoms with Crippen LogP contribution < -0.4 is 5.73 Å². The lowest BCUT2D eigenvalue weighted by molar-refractivity contribution is 0.0785. The number of nitrogens with zero attached hydrogens (tertiary/aromatic N) is 1. The predicted molar refractivity (Wildman–Crippen MR) is 83.8 cm³/mol. The van der Waals surface area contributed by atoms with Crippen LogP contribution in [0.4, 0.5) is 0 Å². The summed E-state index contributed by atoms with van der Waals surface area (Å²) in [6, 6.07) is 5.95. The minimum absolute atomic E-state index is 0. The van der Waals surface area contributed by atoms with Crippen LogP contribution in [0.25, 0.3) is 0 Å². The molecule has 2 atom stereocenters. The van der Waals surface area contributed by atoms with Crippen LogP contribution >= 0.6 is 28.3 Å². The number of hydrogen-bond acceptors (Lipinski definition) is 2. The van der Waals surface area contributed by atoms with E-state index in [2.05, 4.69) is 15.9 Å². The Labute approximate surface area is 129 Å². The van der Waals surface area contributed by atoms with Gasteiger partial charge in [0.15, 0.2) is 0 Å². The molecule has 3 nitrogen and oxygen atoms in total. The first-order chi connectivity index (χ1) is 8.49. The van der Waals surface area contributed by atoms with Crippen molar-refractivity contribution in [2.45, 2.75) is 26.3 Å². The fourth-order valence-corrected chi connectivity index (χ4v) is 2.91. The number of benzene rings is 1. The Morgan fingerprint density at radius 1 is 1.53 bits per heavy atom. The minimum atomic E-state index is 0. The summed E-state index contributed by atoms with van der Waals surface area (Å²) in [5.41, 5.74) is 7.71. The molecular formula is C14H20BrClN2O. The molecule has 2 unspecified atom stereocenters. The second kappa shape index (κ2) is 6.73. The third kappa shape index (κ3) is 3.71. The molecule has 19 heavy (non-hydrogen) atoms. The molecule has 0 bridgehead atoms. The first-order valence-corrected chi connectivity index (χ1v) is 7.09. The van der Waals surface area contributed by atoms with Crippen molar-refractivity contribution in [3.05, 3.63) is 33.8 Å². The van der Waals surface area contributed by atoms with Crippen molar-refractivity contribution in [2.75, 3.05) is 13.1 Å². The highest BCUT2D eigenvalue weighted by molar-refractivity contribution is 9.10. The number of rotatable bonds is 2. The molecule has 1 aliphatic rings. The second-order valence-electron chi connectivity index (χ2n) is 5.12. The molecule has 0 aliphatic carbocycles. The predicted octanol–water partition coefficient (Wildman–Crippen LogP) is 2.99. The molecule has 1 fully saturated rings. The average Bonchev–Trinajstić information content (AvgIpc) is 2.77. The summed E-state index contributed by atoms with van der Waals surface area (Å²) in [5.74, 6) is 0.563. The van der Waals surface area contributed by atoms with Crippen LogP contribution in [0.5, 0.6) is 0 Å². The summed E-state index contributed by atoms with van der Waals surface area (Å²) in [7, 11) is 0. The number of nitrogens with two attached hydrogens (primary N) is 1. The number of halogens is 2. The highest BCUT2D eigenvalue weighted by Crippen LogP contribution is 2.23. The van der Waals surface area contributed by atoms with Crippen LogP contribution in [0, 0.1) is 12.8 Å². The Morgan fingerprint density at radius 3 is 2.74 bits per heavy atom. The fourth-order valence-electron chi connectivity index (χ4n) is 2.44. The van der Waals surface area contributed by atoms with Crippen molar-refractivity contribution in [1.82, 2.24) is 4.90 Å². The van der Waals surface area contributed by atoms with Gasteiger partial charge < -0.3 is 10.6 Å². The SMILES string of the molecule is Cc1cc(Br)ccc1C(=O)N1CCC(C(C)N)C1.Cl. The molecule has 1 aromatic rings. The summed E-state index contributed by atoms with van der Waals surface area (Å²) in [6.07, 6.45) is 1.01. The Morgan fingerprint density at radius 2 is 2.21 bits per heavy atom. The number of likely N-dealkylation sites (tertiary alicyclic amines) is 1. The summed E-state index contributed by atoms with van der Waals surface area (Å²) in [4.78, 5) is 14.3. The van der Waals surface area contributed by atoms with E-state index in [-0.39, 0.29) is 24.4 Å². The molecule has 5 heteroatoms. The van der Waals surface area contributed by atoms with Crippen molar-refractivity contribution in [3.63, 3.8) is 0 Å². The van der Waals surface area contributed by atoms with Gasteiger partial charge in [0, 0.05) is 29.2 Å². The summed E-state index contributed by atoms with van der Waals surface area (Å²) in [6.45, 7) is 5.59. The average molecular weight is 348 g/mol. The molecule has 0 aromatic heterocycles. The topological polar surface area (TPSA) is 46.3 Å². The smallest absolute Gasteiger partial charge is 0.254 e. The van der Waals surface area contributed by atoms with E-state index in [0.29, 0.717) is 5.92 Å². The number of hydrogen-bond donors (Lipinski definition) is 1. The van der Waals surface area contributed by atoms with Gasteiger partial charge >= 0.3 is 0 Å². The van der Waals surface area contributed by atoms with E-state index in [1.54, 1.807) is 0 Å². The van der Waals surface area contributed by atoms with Gasteiger partial charge in [0.05, 0.1) is 0 Å². The zero-order chi connectivity index (χ0) is 13.3. The van der Waals surface area contributed by atoms with Gasteiger partial charge in [0.1, 0.15) is 0 Å². The molecule has 2 N–H and O–H groups in total. The minimum Gasteiger partial charge on any atom is -0.338 e. The maximum absolute atomic E-state index is 12.4. The maximum Gasteiger partial charge on any atom is 0.254 e. The van der Waals surface area contributed by atoms with Gasteiger partial charge in [-0.1, -0.05) is 15.9 Å². The molecule has 0 saturated carbocycles. The van der Waals surface area contributed by atoms with Crippen LogP contribution in [0.3, 0.4) is 0 Å². The van der Waals surface area contributed by atoms with Crippen LogP contribution in [0.15, 0.2) is 22.7 Å². The lowest BCUT2D eigenvalue weighted by atomic mass is 10.0. The maximum atomic E-state index is 12.4. The van der Waals surface area contributed by atoms with E-state index in [9.17, 15) is 4.79 Å². The molecule has 1 aliphatic heterocycles. The van der Waals surface area contributed by atoms with Gasteiger partial charge in [-0.2, -0.15) is 0 Å². The van der Waals surface area contributed by atoms with Crippen molar-refractivity contribution < 1.29 is 4.79 Å². The van der Waals surface area contributed by atoms with Gasteiger partial charge in [0.2, 0.25) is 0 Å². The molecule has 1 amide bonds. The molecule has 1 heterocycles. The number of carbonyl (C=O) groups excluding carboxylic acids is 1. The van der Waals surface area contributed by atoms with Crippen molar-refractivity contribution >= 4 is 34.2 Å². The quantitative estimate of drug-likeness (QED) is 0.894. The van der Waals surface area contributed by atoms with Crippen molar-refractivity contribution in [3.8, 4) is 0 Å². The highest BCUT2D eigenvalue weighted by Gasteiger charge is 2.29. The van der Waals surface area contributed by atoms with Gasteiger partial charge in [-0.3, -0.25) is 4.79 Å². The van der Waals surface area contributed by atoms with Gasteiger partial charge in [-0.05, 0) is 49.9 Å². The lowest BCUT2D eigenvalue weighted by Gasteiger charge is -2.19. The first-order valence-electron chi connectivity index (χ1n) is 6.30. The van der Waals surface area contributed by atoms with E-state index in [0.717, 1.165) is 35.1 Å². The molecule has 0 spiro atoms. The zero-order valence-electron chi connectivity index (χ0n) is 11.2. The monoisotopic (exact) mass is 346 g/mol. The normalized spacial score (nSPS) is 20.0. The van der Waals surface area contributed by atoms with E-state index < -0.39 is 0 Å². The summed E-state index contributed by atoms with van der Waals surface area (Å²) < 4.78 is 1.01. The van der Waals surface area contributed by atoms with E-state index in [1.165, 1.54) is 0 Å². The number of carbonyl (C=O) groups is 1. The molecule has 2 rings (SSSR count). The third-order valence-corrected chi connectivity index (χ3v) is 4.17.